The number of nitrogens with zero attached hydrogens (tertiary/aromatic N) is 1. The van der Waals surface area contributed by atoms with Crippen molar-refractivity contribution in [2.45, 2.75) is 25.9 Å². The van der Waals surface area contributed by atoms with Gasteiger partial charge in [0.25, 0.3) is 0 Å². The molecule has 60 valence electrons. The van der Waals surface area contributed by atoms with Crippen LogP contribution >= 0.6 is 0 Å². The quantitative estimate of drug-likeness (QED) is 0.545. The minimum atomic E-state index is 0.479. The summed E-state index contributed by atoms with van der Waals surface area (Å²) in [5.74, 6) is 0. The zero-order valence-electron chi connectivity index (χ0n) is 6.97. The molecule has 0 aromatic carbocycles. The van der Waals surface area contributed by atoms with Gasteiger partial charge in [-0.15, -0.1) is 0 Å². The zero-order chi connectivity index (χ0) is 7.40. The molecule has 0 bridgehead atoms. The van der Waals surface area contributed by atoms with Crippen molar-refractivity contribution in [1.29, 1.82) is 0 Å². The molecule has 1 aliphatic rings. The van der Waals surface area contributed by atoms with E-state index < -0.39 is 0 Å². The van der Waals surface area contributed by atoms with Crippen LogP contribution < -0.4 is 0 Å². The van der Waals surface area contributed by atoms with Crippen molar-refractivity contribution in [1.82, 2.24) is 4.90 Å². The second kappa shape index (κ2) is 3.94. The fourth-order valence-electron chi connectivity index (χ4n) is 1.32. The van der Waals surface area contributed by atoms with Crippen molar-refractivity contribution in [2.24, 2.45) is 0 Å². The van der Waals surface area contributed by atoms with Gasteiger partial charge in [-0.3, -0.25) is 0 Å². The van der Waals surface area contributed by atoms with Gasteiger partial charge >= 0.3 is 0 Å². The van der Waals surface area contributed by atoms with Gasteiger partial charge in [0.1, 0.15) is 0 Å². The van der Waals surface area contributed by atoms with Crippen LogP contribution in [0.5, 0.6) is 0 Å². The second-order valence-electron chi connectivity index (χ2n) is 3.02. The van der Waals surface area contributed by atoms with E-state index in [1.54, 1.807) is 0 Å². The Bertz CT molecular complexity index is 95.3. The van der Waals surface area contributed by atoms with Gasteiger partial charge in [0.05, 0.1) is 6.10 Å². The summed E-state index contributed by atoms with van der Waals surface area (Å²) in [6.45, 7) is 5.43. The highest BCUT2D eigenvalue weighted by atomic mass is 16.5. The van der Waals surface area contributed by atoms with Crippen LogP contribution in [0.25, 0.3) is 0 Å². The maximum Gasteiger partial charge on any atom is 0.0699 e. The third-order valence-electron chi connectivity index (χ3n) is 2.01. The van der Waals surface area contributed by atoms with Crippen LogP contribution in [0.1, 0.15) is 19.8 Å². The Hall–Kier alpha value is -0.0800. The van der Waals surface area contributed by atoms with Crippen molar-refractivity contribution >= 4 is 0 Å². The summed E-state index contributed by atoms with van der Waals surface area (Å²) in [5.41, 5.74) is 0. The van der Waals surface area contributed by atoms with E-state index in [2.05, 4.69) is 18.9 Å². The Balaban J connectivity index is 2.30. The molecule has 0 aliphatic carbocycles. The number of likely N-dealkylation sites (N-methyl/N-ethyl adjacent to an activating group) is 1. The first-order valence-corrected chi connectivity index (χ1v) is 4.13. The molecule has 0 spiro atoms. The number of hydrogen-bond acceptors (Lipinski definition) is 2. The molecule has 1 saturated heterocycles. The van der Waals surface area contributed by atoms with E-state index in [9.17, 15) is 0 Å². The highest BCUT2D eigenvalue weighted by Gasteiger charge is 2.12. The first-order valence-electron chi connectivity index (χ1n) is 4.13. The predicted octanol–water partition coefficient (Wildman–Crippen LogP) is 1.12. The molecule has 0 aromatic rings. The van der Waals surface area contributed by atoms with E-state index in [4.69, 9.17) is 4.74 Å². The zero-order valence-corrected chi connectivity index (χ0v) is 6.97. The summed E-state index contributed by atoms with van der Waals surface area (Å²) in [4.78, 5) is 2.35. The fourth-order valence-corrected chi connectivity index (χ4v) is 1.32. The Labute approximate surface area is 63.2 Å². The van der Waals surface area contributed by atoms with E-state index in [1.165, 1.54) is 13.0 Å². The first-order chi connectivity index (χ1) is 4.83. The minimum absolute atomic E-state index is 0.479. The van der Waals surface area contributed by atoms with E-state index in [0.717, 1.165) is 19.6 Å². The van der Waals surface area contributed by atoms with Gasteiger partial charge in [-0.05, 0) is 19.9 Å². The first kappa shape index (κ1) is 8.02. The van der Waals surface area contributed by atoms with Crippen LogP contribution in [0.3, 0.4) is 0 Å². The molecule has 0 radical (unpaired) electrons. The third kappa shape index (κ3) is 2.27. The largest absolute Gasteiger partial charge is 0.377 e. The van der Waals surface area contributed by atoms with Crippen LogP contribution in [0.4, 0.5) is 0 Å². The minimum Gasteiger partial charge on any atom is -0.377 e. The Morgan fingerprint density at radius 1 is 1.60 bits per heavy atom. The molecule has 1 fully saturated rings. The summed E-state index contributed by atoms with van der Waals surface area (Å²) in [6.07, 6.45) is 2.81. The van der Waals surface area contributed by atoms with Crippen LogP contribution in [-0.4, -0.2) is 37.7 Å². The van der Waals surface area contributed by atoms with Crippen LogP contribution in [-0.2, 0) is 4.74 Å². The van der Waals surface area contributed by atoms with Crippen LogP contribution in [0.2, 0.25) is 0 Å². The molecule has 2 nitrogen and oxygen atoms in total. The molecule has 10 heavy (non-hydrogen) atoms. The highest BCUT2D eigenvalue weighted by molar-refractivity contribution is 4.65. The molecule has 0 N–H and O–H groups in total. The number of ether oxygens (including phenoxy) is 1. The SMILES string of the molecule is CCC1CN(C)CCCO1. The van der Waals surface area contributed by atoms with Crippen molar-refractivity contribution in [3.63, 3.8) is 0 Å². The molecule has 0 amide bonds. The van der Waals surface area contributed by atoms with E-state index >= 15 is 0 Å². The standard InChI is InChI=1S/C8H17NO/c1-3-8-7-9(2)5-4-6-10-8/h8H,3-7H2,1-2H3. The summed E-state index contributed by atoms with van der Waals surface area (Å²) in [5, 5.41) is 0. The molecular formula is C8H17NO. The van der Waals surface area contributed by atoms with Crippen LogP contribution in [0.15, 0.2) is 0 Å². The van der Waals surface area contributed by atoms with Crippen molar-refractivity contribution < 1.29 is 4.74 Å². The van der Waals surface area contributed by atoms with Gasteiger partial charge in [0, 0.05) is 19.7 Å². The summed E-state index contributed by atoms with van der Waals surface area (Å²) in [6, 6.07) is 0. The average Bonchev–Trinajstić information content (AvgIpc) is 2.13. The lowest BCUT2D eigenvalue weighted by molar-refractivity contribution is 0.0549. The van der Waals surface area contributed by atoms with Gasteiger partial charge in [0.2, 0.25) is 0 Å². The molecule has 2 heteroatoms. The Kier molecular flexibility index (Phi) is 3.16. The van der Waals surface area contributed by atoms with Gasteiger partial charge in [-0.1, -0.05) is 6.92 Å². The third-order valence-corrected chi connectivity index (χ3v) is 2.01. The summed E-state index contributed by atoms with van der Waals surface area (Å²) < 4.78 is 5.58. The average molecular weight is 143 g/mol. The highest BCUT2D eigenvalue weighted by Crippen LogP contribution is 2.05. The van der Waals surface area contributed by atoms with Crippen molar-refractivity contribution in [3.05, 3.63) is 0 Å². The normalized spacial score (nSPS) is 30.0. The summed E-state index contributed by atoms with van der Waals surface area (Å²) >= 11 is 0. The van der Waals surface area contributed by atoms with Crippen molar-refractivity contribution in [3.8, 4) is 0 Å². The molecule has 0 aromatic heterocycles. The monoisotopic (exact) mass is 143 g/mol. The molecular weight excluding hydrogens is 126 g/mol. The molecule has 1 unspecified atom stereocenters. The van der Waals surface area contributed by atoms with Crippen molar-refractivity contribution in [2.75, 3.05) is 26.7 Å². The lowest BCUT2D eigenvalue weighted by Gasteiger charge is -2.17. The van der Waals surface area contributed by atoms with Crippen LogP contribution in [0, 0.1) is 0 Å². The molecule has 0 saturated carbocycles. The van der Waals surface area contributed by atoms with Gasteiger partial charge in [-0.25, -0.2) is 0 Å². The maximum absolute atomic E-state index is 5.58. The number of hydrogen-bond donors (Lipinski definition) is 0. The van der Waals surface area contributed by atoms with E-state index in [0.29, 0.717) is 6.10 Å². The molecule has 1 heterocycles. The van der Waals surface area contributed by atoms with E-state index in [-0.39, 0.29) is 0 Å². The van der Waals surface area contributed by atoms with Gasteiger partial charge < -0.3 is 9.64 Å². The second-order valence-corrected chi connectivity index (χ2v) is 3.02. The topological polar surface area (TPSA) is 12.5 Å². The number of rotatable bonds is 1. The smallest absolute Gasteiger partial charge is 0.0699 e. The molecule has 1 atom stereocenters. The Morgan fingerprint density at radius 3 is 3.10 bits per heavy atom. The predicted molar refractivity (Wildman–Crippen MR) is 42.1 cm³/mol. The molecule has 1 rings (SSSR count). The van der Waals surface area contributed by atoms with E-state index in [1.807, 2.05) is 0 Å². The van der Waals surface area contributed by atoms with Gasteiger partial charge in [-0.2, -0.15) is 0 Å². The lowest BCUT2D eigenvalue weighted by Crippen LogP contribution is -2.27. The van der Waals surface area contributed by atoms with Gasteiger partial charge in [0.15, 0.2) is 0 Å². The maximum atomic E-state index is 5.58. The lowest BCUT2D eigenvalue weighted by atomic mass is 10.3. The Morgan fingerprint density at radius 2 is 2.40 bits per heavy atom. The fraction of sp³-hybridized carbons (Fsp3) is 1.00. The molecule has 1 aliphatic heterocycles. The summed E-state index contributed by atoms with van der Waals surface area (Å²) in [7, 11) is 2.16.